The Kier molecular flexibility index (Phi) is 4.60. The van der Waals surface area contributed by atoms with E-state index >= 15 is 0 Å². The first-order chi connectivity index (χ1) is 9.47. The van der Waals surface area contributed by atoms with E-state index in [1.54, 1.807) is 6.07 Å². The van der Waals surface area contributed by atoms with Crippen LogP contribution in [0.4, 0.5) is 0 Å². The summed E-state index contributed by atoms with van der Waals surface area (Å²) in [6.07, 6.45) is 1.03. The molecule has 6 heteroatoms. The van der Waals surface area contributed by atoms with E-state index in [0.29, 0.717) is 16.6 Å². The Bertz CT molecular complexity index is 581. The molecule has 20 heavy (non-hydrogen) atoms. The van der Waals surface area contributed by atoms with E-state index in [-0.39, 0.29) is 35.0 Å². The summed E-state index contributed by atoms with van der Waals surface area (Å²) in [5.74, 6) is -2.11. The van der Waals surface area contributed by atoms with Gasteiger partial charge < -0.3 is 4.74 Å². The highest BCUT2D eigenvalue weighted by molar-refractivity contribution is 9.10. The fourth-order valence-corrected chi connectivity index (χ4v) is 3.20. The number of Topliss-reactive ketones (excluding diaryl/α,β-unsaturated/α-hetero) is 3. The number of carbonyl (C=O) groups excluding carboxylic acids is 3. The maximum atomic E-state index is 12.4. The molecule has 0 heterocycles. The summed E-state index contributed by atoms with van der Waals surface area (Å²) in [7, 11) is 1.43. The van der Waals surface area contributed by atoms with Crippen molar-refractivity contribution >= 4 is 44.9 Å². The summed E-state index contributed by atoms with van der Waals surface area (Å²) < 4.78 is 5.71. The molecule has 0 radical (unpaired) electrons. The SMILES string of the molecule is COc1c(Br)ccc(C(=O)C2C(=O)CCCC2=O)c1Cl. The molecule has 0 bridgehead atoms. The third-order valence-corrected chi connectivity index (χ3v) is 4.27. The van der Waals surface area contributed by atoms with Crippen molar-refractivity contribution in [2.75, 3.05) is 7.11 Å². The molecule has 1 fully saturated rings. The van der Waals surface area contributed by atoms with Crippen LogP contribution in [0.1, 0.15) is 29.6 Å². The predicted molar refractivity (Wildman–Crippen MR) is 77.4 cm³/mol. The van der Waals surface area contributed by atoms with Gasteiger partial charge in [-0.25, -0.2) is 0 Å². The van der Waals surface area contributed by atoms with Gasteiger partial charge in [0.2, 0.25) is 0 Å². The molecular formula is C14H12BrClO4. The molecule has 0 atom stereocenters. The second-order valence-electron chi connectivity index (χ2n) is 4.53. The van der Waals surface area contributed by atoms with Crippen LogP contribution in [0.5, 0.6) is 5.75 Å². The highest BCUT2D eigenvalue weighted by atomic mass is 79.9. The Morgan fingerprint density at radius 2 is 1.90 bits per heavy atom. The van der Waals surface area contributed by atoms with Crippen LogP contribution in [-0.2, 0) is 9.59 Å². The predicted octanol–water partition coefficient (Wildman–Crippen LogP) is 3.23. The van der Waals surface area contributed by atoms with Gasteiger partial charge >= 0.3 is 0 Å². The molecule has 0 N–H and O–H groups in total. The lowest BCUT2D eigenvalue weighted by Gasteiger charge is -2.19. The first-order valence-corrected chi connectivity index (χ1v) is 7.26. The average Bonchev–Trinajstić information content (AvgIpc) is 2.39. The molecule has 1 aromatic carbocycles. The van der Waals surface area contributed by atoms with Crippen LogP contribution >= 0.6 is 27.5 Å². The molecule has 0 aromatic heterocycles. The lowest BCUT2D eigenvalue weighted by molar-refractivity contribution is -0.133. The zero-order chi connectivity index (χ0) is 14.9. The van der Waals surface area contributed by atoms with Gasteiger partial charge in [-0.1, -0.05) is 11.6 Å². The van der Waals surface area contributed by atoms with E-state index in [0.717, 1.165) is 0 Å². The largest absolute Gasteiger partial charge is 0.494 e. The Hall–Kier alpha value is -1.20. The summed E-state index contributed by atoms with van der Waals surface area (Å²) >= 11 is 9.38. The Morgan fingerprint density at radius 3 is 2.45 bits per heavy atom. The van der Waals surface area contributed by atoms with Crippen LogP contribution in [0.2, 0.25) is 5.02 Å². The molecule has 1 aliphatic carbocycles. The smallest absolute Gasteiger partial charge is 0.182 e. The van der Waals surface area contributed by atoms with Gasteiger partial charge in [-0.3, -0.25) is 14.4 Å². The lowest BCUT2D eigenvalue weighted by Crippen LogP contribution is -2.35. The Morgan fingerprint density at radius 1 is 1.30 bits per heavy atom. The van der Waals surface area contributed by atoms with Gasteiger partial charge in [0.25, 0.3) is 0 Å². The minimum absolute atomic E-state index is 0.109. The molecule has 0 aliphatic heterocycles. The zero-order valence-electron chi connectivity index (χ0n) is 10.7. The third kappa shape index (κ3) is 2.65. The normalized spacial score (nSPS) is 16.4. The summed E-state index contributed by atoms with van der Waals surface area (Å²) in [4.78, 5) is 36.1. The first kappa shape index (κ1) is 15.2. The van der Waals surface area contributed by atoms with Crippen molar-refractivity contribution in [3.05, 3.63) is 27.2 Å². The second-order valence-corrected chi connectivity index (χ2v) is 5.76. The van der Waals surface area contributed by atoms with E-state index in [1.165, 1.54) is 13.2 Å². The van der Waals surface area contributed by atoms with Crippen molar-refractivity contribution < 1.29 is 19.1 Å². The van der Waals surface area contributed by atoms with Crippen LogP contribution in [0, 0.1) is 5.92 Å². The highest BCUT2D eigenvalue weighted by Gasteiger charge is 2.37. The fourth-order valence-electron chi connectivity index (χ4n) is 2.26. The average molecular weight is 360 g/mol. The molecule has 2 rings (SSSR count). The molecule has 4 nitrogen and oxygen atoms in total. The van der Waals surface area contributed by atoms with Gasteiger partial charge in [-0.2, -0.15) is 0 Å². The molecule has 0 amide bonds. The van der Waals surface area contributed by atoms with Gasteiger partial charge in [0.05, 0.1) is 16.6 Å². The molecule has 1 aliphatic rings. The Balaban J connectivity index is 2.43. The van der Waals surface area contributed by atoms with E-state index in [2.05, 4.69) is 15.9 Å². The number of methoxy groups -OCH3 is 1. The van der Waals surface area contributed by atoms with Crippen LogP contribution in [-0.4, -0.2) is 24.5 Å². The van der Waals surface area contributed by atoms with Gasteiger partial charge in [-0.15, -0.1) is 0 Å². The first-order valence-electron chi connectivity index (χ1n) is 6.09. The van der Waals surface area contributed by atoms with E-state index in [1.807, 2.05) is 0 Å². The topological polar surface area (TPSA) is 60.4 Å². The van der Waals surface area contributed by atoms with Crippen molar-refractivity contribution in [3.8, 4) is 5.75 Å². The standard InChI is InChI=1S/C14H12BrClO4/c1-20-14-8(15)6-5-7(12(14)16)13(19)11-9(17)3-2-4-10(11)18/h5-6,11H,2-4H2,1H3. The second kappa shape index (κ2) is 6.06. The number of benzene rings is 1. The highest BCUT2D eigenvalue weighted by Crippen LogP contribution is 2.37. The number of carbonyl (C=O) groups is 3. The van der Waals surface area contributed by atoms with Crippen molar-refractivity contribution in [3.63, 3.8) is 0 Å². The molecule has 1 aromatic rings. The Labute approximate surface area is 129 Å². The van der Waals surface area contributed by atoms with Crippen LogP contribution < -0.4 is 4.74 Å². The van der Waals surface area contributed by atoms with Crippen LogP contribution in [0.3, 0.4) is 0 Å². The number of rotatable bonds is 3. The monoisotopic (exact) mass is 358 g/mol. The molecule has 0 spiro atoms. The summed E-state index contributed by atoms with van der Waals surface area (Å²) in [5.41, 5.74) is 0.139. The van der Waals surface area contributed by atoms with Gasteiger partial charge in [0.15, 0.2) is 23.1 Å². The molecule has 0 saturated heterocycles. The number of halogens is 2. The number of hydrogen-bond donors (Lipinski definition) is 0. The van der Waals surface area contributed by atoms with Gasteiger partial charge in [0, 0.05) is 18.4 Å². The van der Waals surface area contributed by atoms with Crippen LogP contribution in [0.15, 0.2) is 16.6 Å². The van der Waals surface area contributed by atoms with Crippen molar-refractivity contribution in [2.45, 2.75) is 19.3 Å². The summed E-state index contributed by atoms with van der Waals surface area (Å²) in [5, 5.41) is 0.109. The quantitative estimate of drug-likeness (QED) is 0.614. The van der Waals surface area contributed by atoms with Gasteiger partial charge in [0.1, 0.15) is 5.92 Å². The lowest BCUT2D eigenvalue weighted by atomic mass is 9.81. The third-order valence-electron chi connectivity index (χ3n) is 3.27. The van der Waals surface area contributed by atoms with E-state index in [4.69, 9.17) is 16.3 Å². The van der Waals surface area contributed by atoms with E-state index in [9.17, 15) is 14.4 Å². The summed E-state index contributed by atoms with van der Waals surface area (Å²) in [6.45, 7) is 0. The van der Waals surface area contributed by atoms with Crippen molar-refractivity contribution in [1.29, 1.82) is 0 Å². The fraction of sp³-hybridized carbons (Fsp3) is 0.357. The minimum atomic E-state index is -1.22. The van der Waals surface area contributed by atoms with Gasteiger partial charge in [-0.05, 0) is 34.5 Å². The zero-order valence-corrected chi connectivity index (χ0v) is 13.1. The van der Waals surface area contributed by atoms with Crippen molar-refractivity contribution in [1.82, 2.24) is 0 Å². The number of ketones is 3. The summed E-state index contributed by atoms with van der Waals surface area (Å²) in [6, 6.07) is 3.10. The maximum Gasteiger partial charge on any atom is 0.182 e. The molecule has 106 valence electrons. The molecular weight excluding hydrogens is 348 g/mol. The molecule has 1 saturated carbocycles. The number of ether oxygens (including phenoxy) is 1. The molecule has 0 unspecified atom stereocenters. The number of hydrogen-bond acceptors (Lipinski definition) is 4. The van der Waals surface area contributed by atoms with Crippen molar-refractivity contribution in [2.24, 2.45) is 5.92 Å². The maximum absolute atomic E-state index is 12.4. The minimum Gasteiger partial charge on any atom is -0.494 e. The van der Waals surface area contributed by atoms with E-state index < -0.39 is 11.7 Å². The van der Waals surface area contributed by atoms with Crippen LogP contribution in [0.25, 0.3) is 0 Å².